The summed E-state index contributed by atoms with van der Waals surface area (Å²) < 4.78 is 63.9. The number of alkyl halides is 5. The Kier molecular flexibility index (Phi) is 3.39. The largest absolute Gasteiger partial charge is 0.429 e. The summed E-state index contributed by atoms with van der Waals surface area (Å²) in [7, 11) is 1.06. The first-order valence-corrected chi connectivity index (χ1v) is 5.21. The highest BCUT2D eigenvalue weighted by atomic mass is 19.4. The lowest BCUT2D eigenvalue weighted by Gasteiger charge is -2.05. The van der Waals surface area contributed by atoms with E-state index < -0.39 is 40.0 Å². The molecule has 0 atom stereocenters. The van der Waals surface area contributed by atoms with Crippen molar-refractivity contribution in [3.8, 4) is 0 Å². The highest BCUT2D eigenvalue weighted by Crippen LogP contribution is 2.35. The summed E-state index contributed by atoms with van der Waals surface area (Å²) in [5, 5.41) is 14.0. The third-order valence-corrected chi connectivity index (χ3v) is 2.52. The third kappa shape index (κ3) is 2.68. The molecule has 0 radical (unpaired) electrons. The first-order chi connectivity index (χ1) is 9.61. The molecule has 2 rings (SSSR count). The van der Waals surface area contributed by atoms with Crippen LogP contribution < -0.4 is 9.52 Å². The second-order valence-corrected chi connectivity index (χ2v) is 3.87. The SMILES string of the molecule is C[n+]1nn(OC(F)F)c2cc([N+](=O)[O-])cc(C(F)(F)F)c21. The molecule has 21 heavy (non-hydrogen) atoms. The molecule has 0 fully saturated rings. The summed E-state index contributed by atoms with van der Waals surface area (Å²) in [6.45, 7) is -3.36. The fourth-order valence-electron chi connectivity index (χ4n) is 1.78. The van der Waals surface area contributed by atoms with Gasteiger partial charge in [0.15, 0.2) is 0 Å². The van der Waals surface area contributed by atoms with Gasteiger partial charge in [0.2, 0.25) is 5.52 Å². The summed E-state index contributed by atoms with van der Waals surface area (Å²) in [5.41, 5.74) is -3.51. The summed E-state index contributed by atoms with van der Waals surface area (Å²) in [4.78, 5) is 13.6. The first-order valence-electron chi connectivity index (χ1n) is 5.21. The molecule has 0 aliphatic rings. The van der Waals surface area contributed by atoms with Gasteiger partial charge >= 0.3 is 12.8 Å². The van der Waals surface area contributed by atoms with Crippen molar-refractivity contribution >= 4 is 16.7 Å². The summed E-state index contributed by atoms with van der Waals surface area (Å²) in [6, 6.07) is 0.969. The Hall–Kier alpha value is -2.53. The topological polar surface area (TPSA) is 74.1 Å². The van der Waals surface area contributed by atoms with Gasteiger partial charge in [-0.1, -0.05) is 0 Å². The molecular weight excluding hydrogens is 307 g/mol. The van der Waals surface area contributed by atoms with Crippen LogP contribution in [0.4, 0.5) is 27.6 Å². The van der Waals surface area contributed by atoms with Gasteiger partial charge in [-0.2, -0.15) is 22.0 Å². The lowest BCUT2D eigenvalue weighted by Crippen LogP contribution is -2.34. The summed E-state index contributed by atoms with van der Waals surface area (Å²) in [6.07, 6.45) is -4.93. The van der Waals surface area contributed by atoms with Crippen LogP contribution in [0, 0.1) is 10.1 Å². The lowest BCUT2D eigenvalue weighted by molar-refractivity contribution is -0.712. The minimum absolute atomic E-state index is 0.113. The van der Waals surface area contributed by atoms with Gasteiger partial charge in [0.25, 0.3) is 11.2 Å². The number of halogens is 5. The average molecular weight is 313 g/mol. The van der Waals surface area contributed by atoms with Crippen molar-refractivity contribution in [1.29, 1.82) is 0 Å². The van der Waals surface area contributed by atoms with Crippen LogP contribution in [0.1, 0.15) is 5.56 Å². The number of non-ortho nitro benzene ring substituents is 1. The molecule has 0 saturated carbocycles. The number of nitrogens with zero attached hydrogens (tertiary/aromatic N) is 4. The van der Waals surface area contributed by atoms with Gasteiger partial charge < -0.3 is 0 Å². The fourth-order valence-corrected chi connectivity index (χ4v) is 1.78. The highest BCUT2D eigenvalue weighted by molar-refractivity contribution is 5.78. The molecular formula is C9H6F5N4O3+. The van der Waals surface area contributed by atoms with Gasteiger partial charge in [0.05, 0.1) is 15.8 Å². The molecule has 1 aromatic heterocycles. The van der Waals surface area contributed by atoms with E-state index in [1.54, 1.807) is 0 Å². The molecule has 0 amide bonds. The average Bonchev–Trinajstić information content (AvgIpc) is 2.63. The smallest absolute Gasteiger partial charge is 0.258 e. The maximum atomic E-state index is 13.0. The van der Waals surface area contributed by atoms with Crippen molar-refractivity contribution in [2.45, 2.75) is 12.8 Å². The Morgan fingerprint density at radius 2 is 2.05 bits per heavy atom. The second-order valence-electron chi connectivity index (χ2n) is 3.87. The Morgan fingerprint density at radius 3 is 2.52 bits per heavy atom. The molecule has 0 aliphatic heterocycles. The number of rotatable bonds is 3. The molecule has 0 bridgehead atoms. The van der Waals surface area contributed by atoms with Crippen LogP contribution in [-0.2, 0) is 13.2 Å². The van der Waals surface area contributed by atoms with Crippen molar-refractivity contribution in [3.63, 3.8) is 0 Å². The molecule has 0 aliphatic carbocycles. The van der Waals surface area contributed by atoms with Crippen LogP contribution >= 0.6 is 0 Å². The minimum atomic E-state index is -4.93. The van der Waals surface area contributed by atoms with E-state index in [1.165, 1.54) is 0 Å². The van der Waals surface area contributed by atoms with Crippen molar-refractivity contribution in [1.82, 2.24) is 10.1 Å². The summed E-state index contributed by atoms with van der Waals surface area (Å²) >= 11 is 0. The molecule has 1 aromatic carbocycles. The second kappa shape index (κ2) is 4.79. The molecule has 114 valence electrons. The molecule has 0 unspecified atom stereocenters. The molecule has 2 aromatic rings. The monoisotopic (exact) mass is 313 g/mol. The number of benzene rings is 1. The van der Waals surface area contributed by atoms with Gasteiger partial charge in [-0.3, -0.25) is 10.1 Å². The fraction of sp³-hybridized carbons (Fsp3) is 0.333. The number of fused-ring (bicyclic) bond motifs is 1. The predicted octanol–water partition coefficient (Wildman–Crippen LogP) is 1.44. The van der Waals surface area contributed by atoms with E-state index in [0.29, 0.717) is 16.8 Å². The zero-order valence-electron chi connectivity index (χ0n) is 10.1. The normalized spacial score (nSPS) is 12.1. The van der Waals surface area contributed by atoms with Crippen LogP contribution in [0.2, 0.25) is 0 Å². The van der Waals surface area contributed by atoms with E-state index in [0.717, 1.165) is 7.05 Å². The maximum absolute atomic E-state index is 13.0. The zero-order chi connectivity index (χ0) is 15.9. The van der Waals surface area contributed by atoms with E-state index >= 15 is 0 Å². The van der Waals surface area contributed by atoms with Crippen LogP contribution in [0.5, 0.6) is 0 Å². The number of nitro benzene ring substituents is 1. The number of nitro groups is 1. The van der Waals surface area contributed by atoms with Crippen LogP contribution in [0.15, 0.2) is 12.1 Å². The standard InChI is InChI=1S/C9H6F5N4O3/c1-16-7-5(9(12,13)14)2-4(18(19)20)3-6(7)17(15-16)21-8(10)11/h2-3,8H,1H3/q+1. The first kappa shape index (κ1) is 14.9. The lowest BCUT2D eigenvalue weighted by atomic mass is 10.1. The molecule has 12 heteroatoms. The molecule has 0 spiro atoms. The van der Waals surface area contributed by atoms with E-state index in [4.69, 9.17) is 0 Å². The Labute approximate surface area is 112 Å². The third-order valence-electron chi connectivity index (χ3n) is 2.52. The quantitative estimate of drug-likeness (QED) is 0.372. The Bertz CT molecular complexity index is 711. The molecule has 1 heterocycles. The van der Waals surface area contributed by atoms with Crippen molar-refractivity contribution < 1.29 is 36.4 Å². The predicted molar refractivity (Wildman–Crippen MR) is 55.1 cm³/mol. The highest BCUT2D eigenvalue weighted by Gasteiger charge is 2.40. The number of aromatic nitrogens is 3. The van der Waals surface area contributed by atoms with E-state index in [2.05, 4.69) is 10.1 Å². The Balaban J connectivity index is 2.83. The van der Waals surface area contributed by atoms with E-state index in [9.17, 15) is 32.1 Å². The van der Waals surface area contributed by atoms with Gasteiger partial charge in [-0.05, 0) is 0 Å². The van der Waals surface area contributed by atoms with Gasteiger partial charge in [0, 0.05) is 6.07 Å². The number of hydrogen-bond acceptors (Lipinski definition) is 4. The summed E-state index contributed by atoms with van der Waals surface area (Å²) in [5.74, 6) is 0. The minimum Gasteiger partial charge on any atom is -0.258 e. The van der Waals surface area contributed by atoms with Crippen molar-refractivity contribution in [3.05, 3.63) is 27.8 Å². The maximum Gasteiger partial charge on any atom is 0.429 e. The van der Waals surface area contributed by atoms with Crippen LogP contribution in [-0.4, -0.2) is 21.6 Å². The van der Waals surface area contributed by atoms with Gasteiger partial charge in [0.1, 0.15) is 17.8 Å². The van der Waals surface area contributed by atoms with Crippen molar-refractivity contribution in [2.24, 2.45) is 7.05 Å². The van der Waals surface area contributed by atoms with Gasteiger partial charge in [-0.25, -0.2) is 4.84 Å². The van der Waals surface area contributed by atoms with E-state index in [1.807, 2.05) is 0 Å². The molecule has 0 saturated heterocycles. The molecule has 0 N–H and O–H groups in total. The van der Waals surface area contributed by atoms with Crippen molar-refractivity contribution in [2.75, 3.05) is 0 Å². The molecule has 7 nitrogen and oxygen atoms in total. The Morgan fingerprint density at radius 1 is 1.43 bits per heavy atom. The van der Waals surface area contributed by atoms with E-state index in [-0.39, 0.29) is 4.85 Å². The zero-order valence-corrected chi connectivity index (χ0v) is 10.1. The number of hydrogen-bond donors (Lipinski definition) is 0. The van der Waals surface area contributed by atoms with Crippen LogP contribution in [0.3, 0.4) is 0 Å². The van der Waals surface area contributed by atoms with Gasteiger partial charge in [-0.15, -0.1) is 4.68 Å². The number of aryl methyl sites for hydroxylation is 1. The van der Waals surface area contributed by atoms with Crippen LogP contribution in [0.25, 0.3) is 11.0 Å².